The largest absolute Gasteiger partial charge is 0.300 e. The van der Waals surface area contributed by atoms with Crippen molar-refractivity contribution in [2.45, 2.75) is 63.5 Å². The molecule has 1 heterocycles. The van der Waals surface area contributed by atoms with E-state index in [2.05, 4.69) is 16.3 Å². The number of hydrogen-bond donors (Lipinski definition) is 1. The molecule has 1 unspecified atom stereocenters. The molecule has 3 nitrogen and oxygen atoms in total. The summed E-state index contributed by atoms with van der Waals surface area (Å²) in [5.41, 5.74) is 0. The van der Waals surface area contributed by atoms with Crippen LogP contribution in [-0.2, 0) is 0 Å². The quantitative estimate of drug-likeness (QED) is 0.602. The Balaban J connectivity index is 1.81. The third kappa shape index (κ3) is 3.97. The van der Waals surface area contributed by atoms with Crippen molar-refractivity contribution in [2.75, 3.05) is 19.6 Å². The first kappa shape index (κ1) is 12.9. The first-order chi connectivity index (χ1) is 8.40. The number of hydrogen-bond acceptors (Lipinski definition) is 3. The van der Waals surface area contributed by atoms with Crippen LogP contribution in [-0.4, -0.2) is 36.6 Å². The van der Waals surface area contributed by atoms with Gasteiger partial charge in [-0.15, -0.1) is 0 Å². The molecule has 1 saturated carbocycles. The fourth-order valence-electron chi connectivity index (χ4n) is 3.32. The number of piperidine rings is 1. The van der Waals surface area contributed by atoms with Crippen molar-refractivity contribution in [3.63, 3.8) is 0 Å². The van der Waals surface area contributed by atoms with Gasteiger partial charge in [0.1, 0.15) is 0 Å². The molecular formula is C14H25N3. The summed E-state index contributed by atoms with van der Waals surface area (Å²) in [5.74, 6) is 0. The van der Waals surface area contributed by atoms with Crippen LogP contribution in [0.2, 0.25) is 0 Å². The van der Waals surface area contributed by atoms with Gasteiger partial charge >= 0.3 is 0 Å². The predicted octanol–water partition coefficient (Wildman–Crippen LogP) is 2.29. The zero-order valence-corrected chi connectivity index (χ0v) is 10.8. The fourth-order valence-corrected chi connectivity index (χ4v) is 3.32. The second-order valence-electron chi connectivity index (χ2n) is 5.52. The van der Waals surface area contributed by atoms with E-state index in [9.17, 15) is 0 Å². The summed E-state index contributed by atoms with van der Waals surface area (Å²) in [6.07, 6.45) is 11.0. The van der Waals surface area contributed by atoms with E-state index in [0.29, 0.717) is 12.6 Å². The fraction of sp³-hybridized carbons (Fsp3) is 0.929. The van der Waals surface area contributed by atoms with Crippen molar-refractivity contribution in [2.24, 2.45) is 0 Å². The molecule has 2 aliphatic rings. The Hall–Kier alpha value is -0.590. The maximum Gasteiger partial charge on any atom is 0.0843 e. The highest BCUT2D eigenvalue weighted by atomic mass is 15.2. The normalized spacial score (nSPS) is 28.5. The van der Waals surface area contributed by atoms with Gasteiger partial charge in [0.25, 0.3) is 0 Å². The van der Waals surface area contributed by atoms with Crippen molar-refractivity contribution in [3.05, 3.63) is 0 Å². The van der Waals surface area contributed by atoms with Gasteiger partial charge in [-0.05, 0) is 32.2 Å². The zero-order chi connectivity index (χ0) is 11.9. The molecule has 2 rings (SSSR count). The van der Waals surface area contributed by atoms with E-state index in [0.717, 1.165) is 12.6 Å². The van der Waals surface area contributed by atoms with Crippen LogP contribution in [0.15, 0.2) is 0 Å². The average molecular weight is 235 g/mol. The van der Waals surface area contributed by atoms with Crippen molar-refractivity contribution < 1.29 is 0 Å². The minimum atomic E-state index is 0.503. The third-order valence-corrected chi connectivity index (χ3v) is 4.26. The highest BCUT2D eigenvalue weighted by Crippen LogP contribution is 2.24. The van der Waals surface area contributed by atoms with Crippen LogP contribution in [0.4, 0.5) is 0 Å². The van der Waals surface area contributed by atoms with Crippen molar-refractivity contribution in [1.82, 2.24) is 10.2 Å². The predicted molar refractivity (Wildman–Crippen MR) is 69.7 cm³/mol. The van der Waals surface area contributed by atoms with E-state index >= 15 is 0 Å². The molecule has 0 aromatic carbocycles. The van der Waals surface area contributed by atoms with Crippen LogP contribution in [0, 0.1) is 11.3 Å². The molecule has 0 bridgehead atoms. The number of likely N-dealkylation sites (tertiary alicyclic amines) is 1. The molecule has 0 amide bonds. The van der Waals surface area contributed by atoms with Gasteiger partial charge in [0.2, 0.25) is 0 Å². The summed E-state index contributed by atoms with van der Waals surface area (Å²) in [6, 6.07) is 3.56. The van der Waals surface area contributed by atoms with E-state index in [1.807, 2.05) is 0 Å². The standard InChI is InChI=1S/C14H25N3/c15-9-10-16-13-6-5-11-17(12-13)14-7-3-1-2-4-8-14/h13-14,16H,1-8,10-12H2. The van der Waals surface area contributed by atoms with E-state index in [-0.39, 0.29) is 0 Å². The number of rotatable bonds is 3. The van der Waals surface area contributed by atoms with Gasteiger partial charge in [0, 0.05) is 18.6 Å². The molecule has 96 valence electrons. The molecule has 0 radical (unpaired) electrons. The van der Waals surface area contributed by atoms with Gasteiger partial charge in [0.05, 0.1) is 12.6 Å². The first-order valence-corrected chi connectivity index (χ1v) is 7.24. The van der Waals surface area contributed by atoms with Gasteiger partial charge in [-0.3, -0.25) is 4.90 Å². The molecule has 17 heavy (non-hydrogen) atoms. The molecule has 0 spiro atoms. The Labute approximate surface area is 105 Å². The number of nitrogens with one attached hydrogen (secondary N) is 1. The Morgan fingerprint density at radius 2 is 1.82 bits per heavy atom. The van der Waals surface area contributed by atoms with E-state index in [1.165, 1.54) is 57.9 Å². The van der Waals surface area contributed by atoms with Crippen LogP contribution < -0.4 is 5.32 Å². The third-order valence-electron chi connectivity index (χ3n) is 4.26. The van der Waals surface area contributed by atoms with Crippen LogP contribution in [0.1, 0.15) is 51.4 Å². The Kier molecular flexibility index (Phi) is 5.28. The van der Waals surface area contributed by atoms with Gasteiger partial charge in [-0.25, -0.2) is 0 Å². The van der Waals surface area contributed by atoms with Gasteiger partial charge in [-0.1, -0.05) is 25.7 Å². The van der Waals surface area contributed by atoms with Crippen molar-refractivity contribution in [3.8, 4) is 6.07 Å². The molecule has 1 aliphatic heterocycles. The van der Waals surface area contributed by atoms with Gasteiger partial charge in [-0.2, -0.15) is 5.26 Å². The topological polar surface area (TPSA) is 39.1 Å². The molecule has 1 saturated heterocycles. The lowest BCUT2D eigenvalue weighted by molar-refractivity contribution is 0.127. The highest BCUT2D eigenvalue weighted by Gasteiger charge is 2.25. The summed E-state index contributed by atoms with van der Waals surface area (Å²) in [7, 11) is 0. The SMILES string of the molecule is N#CCNC1CCCN(C2CCCCCC2)C1. The molecule has 1 atom stereocenters. The molecule has 0 aromatic heterocycles. The van der Waals surface area contributed by atoms with Gasteiger partial charge in [0.15, 0.2) is 0 Å². The van der Waals surface area contributed by atoms with Crippen LogP contribution in [0.3, 0.4) is 0 Å². The van der Waals surface area contributed by atoms with Gasteiger partial charge < -0.3 is 5.32 Å². The Bertz CT molecular complexity index is 251. The Morgan fingerprint density at radius 1 is 1.06 bits per heavy atom. The lowest BCUT2D eigenvalue weighted by Gasteiger charge is -2.38. The monoisotopic (exact) mass is 235 g/mol. The first-order valence-electron chi connectivity index (χ1n) is 7.24. The minimum Gasteiger partial charge on any atom is -0.300 e. The van der Waals surface area contributed by atoms with Crippen LogP contribution in [0.25, 0.3) is 0 Å². The van der Waals surface area contributed by atoms with E-state index in [4.69, 9.17) is 5.26 Å². The summed E-state index contributed by atoms with van der Waals surface area (Å²) >= 11 is 0. The van der Waals surface area contributed by atoms with Crippen molar-refractivity contribution >= 4 is 0 Å². The highest BCUT2D eigenvalue weighted by molar-refractivity contribution is 4.86. The van der Waals surface area contributed by atoms with E-state index < -0.39 is 0 Å². The lowest BCUT2D eigenvalue weighted by Crippen LogP contribution is -2.49. The summed E-state index contributed by atoms with van der Waals surface area (Å²) in [4.78, 5) is 2.68. The maximum atomic E-state index is 8.62. The second kappa shape index (κ2) is 6.98. The summed E-state index contributed by atoms with van der Waals surface area (Å²) in [5, 5.41) is 12.0. The summed E-state index contributed by atoms with van der Waals surface area (Å²) in [6.45, 7) is 2.94. The molecule has 1 N–H and O–H groups in total. The maximum absolute atomic E-state index is 8.62. The number of nitrogens with zero attached hydrogens (tertiary/aromatic N) is 2. The van der Waals surface area contributed by atoms with Crippen LogP contribution in [0.5, 0.6) is 0 Å². The van der Waals surface area contributed by atoms with Crippen molar-refractivity contribution in [1.29, 1.82) is 5.26 Å². The lowest BCUT2D eigenvalue weighted by atomic mass is 10.00. The number of nitriles is 1. The molecular weight excluding hydrogens is 210 g/mol. The minimum absolute atomic E-state index is 0.503. The molecule has 2 fully saturated rings. The summed E-state index contributed by atoms with van der Waals surface area (Å²) < 4.78 is 0. The average Bonchev–Trinajstić information content (AvgIpc) is 2.65. The van der Waals surface area contributed by atoms with Crippen LogP contribution >= 0.6 is 0 Å². The van der Waals surface area contributed by atoms with E-state index in [1.54, 1.807) is 0 Å². The molecule has 1 aliphatic carbocycles. The zero-order valence-electron chi connectivity index (χ0n) is 10.8. The smallest absolute Gasteiger partial charge is 0.0843 e. The second-order valence-corrected chi connectivity index (χ2v) is 5.52. The molecule has 0 aromatic rings. The molecule has 3 heteroatoms. The Morgan fingerprint density at radius 3 is 2.53 bits per heavy atom.